The lowest BCUT2D eigenvalue weighted by molar-refractivity contribution is 0.0979. The second kappa shape index (κ2) is 10.2. The molecule has 0 aliphatic heterocycles. The first-order chi connectivity index (χ1) is 14.9. The van der Waals surface area contributed by atoms with Gasteiger partial charge in [-0.15, -0.1) is 0 Å². The van der Waals surface area contributed by atoms with E-state index >= 15 is 0 Å². The van der Waals surface area contributed by atoms with Crippen LogP contribution in [0.5, 0.6) is 17.2 Å². The summed E-state index contributed by atoms with van der Waals surface area (Å²) in [5, 5.41) is 0. The molecular weight excluding hydrogens is 394 g/mol. The average Bonchev–Trinajstić information content (AvgIpc) is 3.21. The van der Waals surface area contributed by atoms with Gasteiger partial charge in [0.15, 0.2) is 17.3 Å². The zero-order chi connectivity index (χ0) is 22.4. The predicted molar refractivity (Wildman–Crippen MR) is 119 cm³/mol. The van der Waals surface area contributed by atoms with Crippen LogP contribution in [-0.2, 0) is 6.42 Å². The molecule has 6 heteroatoms. The molecule has 0 amide bonds. The first-order valence-electron chi connectivity index (χ1n) is 10.5. The maximum absolute atomic E-state index is 12.8. The predicted octanol–water partition coefficient (Wildman–Crippen LogP) is 5.66. The summed E-state index contributed by atoms with van der Waals surface area (Å²) in [6, 6.07) is 11.2. The highest BCUT2D eigenvalue weighted by molar-refractivity contribution is 5.98. The van der Waals surface area contributed by atoms with Crippen molar-refractivity contribution in [3.63, 3.8) is 0 Å². The van der Waals surface area contributed by atoms with E-state index in [4.69, 9.17) is 18.6 Å². The van der Waals surface area contributed by atoms with E-state index in [1.165, 1.54) is 0 Å². The molecule has 1 aromatic heterocycles. The van der Waals surface area contributed by atoms with Crippen LogP contribution in [0.15, 0.2) is 47.1 Å². The number of hydrogen-bond donors (Lipinski definition) is 0. The molecule has 0 saturated carbocycles. The number of carbonyl (C=O) groups excluding carboxylic acids is 1. The second-order valence-electron chi connectivity index (χ2n) is 7.53. The number of ether oxygens (including phenoxy) is 3. The molecule has 0 spiro atoms. The number of carbonyl (C=O) groups is 1. The summed E-state index contributed by atoms with van der Waals surface area (Å²) in [7, 11) is 1.60. The van der Waals surface area contributed by atoms with Crippen LogP contribution in [-0.4, -0.2) is 30.6 Å². The van der Waals surface area contributed by atoms with E-state index in [0.29, 0.717) is 48.2 Å². The molecule has 3 aromatic rings. The van der Waals surface area contributed by atoms with Gasteiger partial charge in [0.2, 0.25) is 5.89 Å². The van der Waals surface area contributed by atoms with Crippen molar-refractivity contribution in [2.75, 3.05) is 13.7 Å². The standard InChI is InChI=1S/C25H29NO5/c1-6-29-23-13-17(4)7-10-20(23)21(27)11-9-19-15-30-25(26-19)18-8-12-22(28-5)24(14-18)31-16(2)3/h7-8,10,12-16H,6,9,11H2,1-5H3. The van der Waals surface area contributed by atoms with E-state index in [2.05, 4.69) is 4.98 Å². The van der Waals surface area contributed by atoms with Gasteiger partial charge in [0.05, 0.1) is 31.1 Å². The fourth-order valence-corrected chi connectivity index (χ4v) is 3.22. The zero-order valence-electron chi connectivity index (χ0n) is 18.7. The largest absolute Gasteiger partial charge is 0.493 e. The molecule has 164 valence electrons. The van der Waals surface area contributed by atoms with E-state index in [0.717, 1.165) is 16.8 Å². The van der Waals surface area contributed by atoms with Gasteiger partial charge in [0, 0.05) is 18.4 Å². The Morgan fingerprint density at radius 3 is 2.61 bits per heavy atom. The van der Waals surface area contributed by atoms with Crippen LogP contribution >= 0.6 is 0 Å². The number of methoxy groups -OCH3 is 1. The van der Waals surface area contributed by atoms with Crippen LogP contribution in [0.25, 0.3) is 11.5 Å². The number of oxazole rings is 1. The Labute approximate surface area is 183 Å². The molecular formula is C25H29NO5. The van der Waals surface area contributed by atoms with Gasteiger partial charge in [-0.2, -0.15) is 0 Å². The fraction of sp³-hybridized carbons (Fsp3) is 0.360. The molecule has 6 nitrogen and oxygen atoms in total. The first-order valence-corrected chi connectivity index (χ1v) is 10.5. The number of rotatable bonds is 10. The Morgan fingerprint density at radius 2 is 1.90 bits per heavy atom. The molecule has 2 aromatic carbocycles. The Kier molecular flexibility index (Phi) is 7.34. The van der Waals surface area contributed by atoms with Crippen molar-refractivity contribution in [1.82, 2.24) is 4.98 Å². The molecule has 0 atom stereocenters. The number of nitrogens with zero attached hydrogens (tertiary/aromatic N) is 1. The number of hydrogen-bond acceptors (Lipinski definition) is 6. The minimum Gasteiger partial charge on any atom is -0.493 e. The minimum absolute atomic E-state index is 0.0126. The van der Waals surface area contributed by atoms with Crippen LogP contribution in [0.4, 0.5) is 0 Å². The average molecular weight is 424 g/mol. The molecule has 0 saturated heterocycles. The monoisotopic (exact) mass is 423 g/mol. The molecule has 0 aliphatic carbocycles. The van der Waals surface area contributed by atoms with E-state index in [-0.39, 0.29) is 11.9 Å². The number of aryl methyl sites for hydroxylation is 2. The summed E-state index contributed by atoms with van der Waals surface area (Å²) in [5.41, 5.74) is 3.16. The van der Waals surface area contributed by atoms with E-state index in [9.17, 15) is 4.79 Å². The summed E-state index contributed by atoms with van der Waals surface area (Å²) in [6.07, 6.45) is 2.40. The maximum atomic E-state index is 12.8. The Hall–Kier alpha value is -3.28. The van der Waals surface area contributed by atoms with E-state index in [1.54, 1.807) is 13.4 Å². The van der Waals surface area contributed by atoms with Crippen molar-refractivity contribution in [1.29, 1.82) is 0 Å². The Morgan fingerprint density at radius 1 is 1.10 bits per heavy atom. The van der Waals surface area contributed by atoms with Gasteiger partial charge in [-0.3, -0.25) is 4.79 Å². The Balaban J connectivity index is 1.72. The molecule has 3 rings (SSSR count). The maximum Gasteiger partial charge on any atom is 0.226 e. The third-order valence-electron chi connectivity index (χ3n) is 4.67. The van der Waals surface area contributed by atoms with E-state index < -0.39 is 0 Å². The van der Waals surface area contributed by atoms with Crippen molar-refractivity contribution < 1.29 is 23.4 Å². The summed E-state index contributed by atoms with van der Waals surface area (Å²) in [6.45, 7) is 8.31. The molecule has 0 unspecified atom stereocenters. The van der Waals surface area contributed by atoms with Crippen molar-refractivity contribution in [3.8, 4) is 28.7 Å². The van der Waals surface area contributed by atoms with Gasteiger partial charge >= 0.3 is 0 Å². The molecule has 0 fully saturated rings. The SMILES string of the molecule is CCOc1cc(C)ccc1C(=O)CCc1coc(-c2ccc(OC)c(OC(C)C)c2)n1. The second-order valence-corrected chi connectivity index (χ2v) is 7.53. The minimum atomic E-state index is 0.0126. The van der Waals surface area contributed by atoms with Crippen LogP contribution in [0.2, 0.25) is 0 Å². The lowest BCUT2D eigenvalue weighted by atomic mass is 10.0. The van der Waals surface area contributed by atoms with Crippen molar-refractivity contribution in [2.45, 2.75) is 46.6 Å². The third-order valence-corrected chi connectivity index (χ3v) is 4.67. The van der Waals surface area contributed by atoms with Gasteiger partial charge in [-0.25, -0.2) is 4.98 Å². The van der Waals surface area contributed by atoms with Crippen molar-refractivity contribution >= 4 is 5.78 Å². The highest BCUT2D eigenvalue weighted by Gasteiger charge is 2.16. The van der Waals surface area contributed by atoms with Crippen LogP contribution < -0.4 is 14.2 Å². The number of aromatic nitrogens is 1. The van der Waals surface area contributed by atoms with Crippen LogP contribution in [0, 0.1) is 6.92 Å². The molecule has 0 N–H and O–H groups in total. The fourth-order valence-electron chi connectivity index (χ4n) is 3.22. The summed E-state index contributed by atoms with van der Waals surface area (Å²) in [5.74, 6) is 2.41. The highest BCUT2D eigenvalue weighted by Crippen LogP contribution is 2.33. The molecule has 31 heavy (non-hydrogen) atoms. The van der Waals surface area contributed by atoms with E-state index in [1.807, 2.05) is 64.1 Å². The van der Waals surface area contributed by atoms with Gasteiger partial charge < -0.3 is 18.6 Å². The van der Waals surface area contributed by atoms with Gasteiger partial charge in [0.25, 0.3) is 0 Å². The van der Waals surface area contributed by atoms with Crippen LogP contribution in [0.3, 0.4) is 0 Å². The summed E-state index contributed by atoms with van der Waals surface area (Å²) < 4.78 is 22.5. The zero-order valence-corrected chi connectivity index (χ0v) is 18.7. The lowest BCUT2D eigenvalue weighted by Gasteiger charge is -2.13. The molecule has 0 radical (unpaired) electrons. The molecule has 0 bridgehead atoms. The van der Waals surface area contributed by atoms with Crippen molar-refractivity contribution in [3.05, 3.63) is 59.5 Å². The highest BCUT2D eigenvalue weighted by atomic mass is 16.5. The Bertz CT molecular complexity index is 1040. The first kappa shape index (κ1) is 22.4. The number of benzene rings is 2. The van der Waals surface area contributed by atoms with Crippen molar-refractivity contribution in [2.24, 2.45) is 0 Å². The summed E-state index contributed by atoms with van der Waals surface area (Å²) in [4.78, 5) is 17.3. The lowest BCUT2D eigenvalue weighted by Crippen LogP contribution is -2.06. The van der Waals surface area contributed by atoms with Gasteiger partial charge in [-0.05, 0) is 63.6 Å². The van der Waals surface area contributed by atoms with Crippen LogP contribution in [0.1, 0.15) is 48.8 Å². The number of Topliss-reactive ketones (excluding diaryl/α,β-unsaturated/α-hetero) is 1. The summed E-state index contributed by atoms with van der Waals surface area (Å²) >= 11 is 0. The topological polar surface area (TPSA) is 70.8 Å². The quantitative estimate of drug-likeness (QED) is 0.392. The molecule has 1 heterocycles. The third kappa shape index (κ3) is 5.66. The van der Waals surface area contributed by atoms with Gasteiger partial charge in [0.1, 0.15) is 12.0 Å². The number of ketones is 1. The molecule has 0 aliphatic rings. The smallest absolute Gasteiger partial charge is 0.226 e. The normalized spacial score (nSPS) is 10.9. The van der Waals surface area contributed by atoms with Gasteiger partial charge in [-0.1, -0.05) is 6.07 Å².